The number of rotatable bonds is 3. The SMILES string of the molecule is COC1OOC12C1CC3CC(C1)CC2(c1ccc(OC(C)=O)cc1)C3. The highest BCUT2D eigenvalue weighted by Gasteiger charge is 2.75. The molecule has 1 saturated heterocycles. The number of esters is 1. The molecule has 25 heavy (non-hydrogen) atoms. The predicted molar refractivity (Wildman–Crippen MR) is 88.7 cm³/mol. The van der Waals surface area contributed by atoms with Gasteiger partial charge in [0.25, 0.3) is 0 Å². The summed E-state index contributed by atoms with van der Waals surface area (Å²) in [5.74, 6) is 2.31. The van der Waals surface area contributed by atoms with Gasteiger partial charge < -0.3 is 9.47 Å². The Morgan fingerprint density at radius 1 is 1.12 bits per heavy atom. The Morgan fingerprint density at radius 2 is 1.80 bits per heavy atom. The molecule has 5 fully saturated rings. The Kier molecular flexibility index (Phi) is 3.34. The average molecular weight is 344 g/mol. The van der Waals surface area contributed by atoms with E-state index >= 15 is 0 Å². The summed E-state index contributed by atoms with van der Waals surface area (Å²) in [5.41, 5.74) is 0.806. The van der Waals surface area contributed by atoms with E-state index in [1.165, 1.54) is 31.7 Å². The maximum atomic E-state index is 11.2. The lowest BCUT2D eigenvalue weighted by Crippen LogP contribution is -2.78. The zero-order valence-electron chi connectivity index (χ0n) is 14.7. The molecule has 1 aliphatic heterocycles. The molecule has 0 radical (unpaired) electrons. The molecule has 4 atom stereocenters. The second kappa shape index (κ2) is 5.29. The van der Waals surface area contributed by atoms with Gasteiger partial charge in [-0.3, -0.25) is 4.79 Å². The monoisotopic (exact) mass is 344 g/mol. The molecule has 1 aromatic carbocycles. The zero-order valence-corrected chi connectivity index (χ0v) is 14.7. The van der Waals surface area contributed by atoms with Gasteiger partial charge in [-0.1, -0.05) is 12.1 Å². The molecule has 0 N–H and O–H groups in total. The zero-order chi connectivity index (χ0) is 17.2. The molecule has 134 valence electrons. The molecular formula is C20H24O5. The first-order valence-corrected chi connectivity index (χ1v) is 9.23. The van der Waals surface area contributed by atoms with Gasteiger partial charge in [-0.2, -0.15) is 0 Å². The lowest BCUT2D eigenvalue weighted by molar-refractivity contribution is -0.592. The van der Waals surface area contributed by atoms with E-state index in [1.807, 2.05) is 12.1 Å². The summed E-state index contributed by atoms with van der Waals surface area (Å²) < 4.78 is 10.9. The molecule has 0 amide bonds. The van der Waals surface area contributed by atoms with Gasteiger partial charge in [0.1, 0.15) is 5.75 Å². The molecule has 5 nitrogen and oxygen atoms in total. The number of benzene rings is 1. The summed E-state index contributed by atoms with van der Waals surface area (Å²) in [6.45, 7) is 1.42. The minimum Gasteiger partial charge on any atom is -0.427 e. The van der Waals surface area contributed by atoms with Gasteiger partial charge in [0.2, 0.25) is 6.29 Å². The van der Waals surface area contributed by atoms with Crippen molar-refractivity contribution in [2.24, 2.45) is 17.8 Å². The summed E-state index contributed by atoms with van der Waals surface area (Å²) in [6, 6.07) is 7.98. The van der Waals surface area contributed by atoms with Crippen molar-refractivity contribution < 1.29 is 24.0 Å². The van der Waals surface area contributed by atoms with Crippen LogP contribution < -0.4 is 4.74 Å². The van der Waals surface area contributed by atoms with Crippen molar-refractivity contribution in [3.63, 3.8) is 0 Å². The number of carbonyl (C=O) groups is 1. The topological polar surface area (TPSA) is 54.0 Å². The van der Waals surface area contributed by atoms with Crippen LogP contribution in [-0.2, 0) is 24.7 Å². The van der Waals surface area contributed by atoms with E-state index < -0.39 is 0 Å². The van der Waals surface area contributed by atoms with Crippen molar-refractivity contribution in [2.75, 3.05) is 7.11 Å². The van der Waals surface area contributed by atoms with Gasteiger partial charge >= 0.3 is 5.97 Å². The van der Waals surface area contributed by atoms with Crippen LogP contribution >= 0.6 is 0 Å². The van der Waals surface area contributed by atoms with Crippen LogP contribution in [-0.4, -0.2) is 25.0 Å². The normalized spacial score (nSPS) is 43.9. The standard InChI is InChI=1S/C20H24O5/c1-12(21)23-17-5-3-15(4-6-17)19-10-13-7-14(11-19)9-16(8-13)20(19)18(22-2)24-25-20/h3-6,13-14,16,18H,7-11H2,1-2H3. The van der Waals surface area contributed by atoms with Crippen molar-refractivity contribution in [3.8, 4) is 5.75 Å². The van der Waals surface area contributed by atoms with Gasteiger partial charge in [-0.05, 0) is 67.6 Å². The van der Waals surface area contributed by atoms with Crippen LogP contribution in [0.1, 0.15) is 44.6 Å². The largest absolute Gasteiger partial charge is 0.427 e. The highest BCUT2D eigenvalue weighted by molar-refractivity contribution is 5.69. The number of carbonyl (C=O) groups excluding carboxylic acids is 1. The molecule has 1 heterocycles. The molecular weight excluding hydrogens is 320 g/mol. The van der Waals surface area contributed by atoms with Crippen LogP contribution in [0.15, 0.2) is 24.3 Å². The molecule has 4 aliphatic carbocycles. The summed E-state index contributed by atoms with van der Waals surface area (Å²) in [7, 11) is 1.71. The van der Waals surface area contributed by atoms with Crippen molar-refractivity contribution in [3.05, 3.63) is 29.8 Å². The number of hydrogen-bond acceptors (Lipinski definition) is 5. The van der Waals surface area contributed by atoms with Crippen LogP contribution in [0, 0.1) is 17.8 Å². The Hall–Kier alpha value is -1.43. The molecule has 4 unspecified atom stereocenters. The Labute approximate surface area is 147 Å². The third-order valence-corrected chi connectivity index (χ3v) is 7.04. The Morgan fingerprint density at radius 3 is 2.32 bits per heavy atom. The second-order valence-corrected chi connectivity index (χ2v) is 8.28. The van der Waals surface area contributed by atoms with Crippen LogP contribution in [0.4, 0.5) is 0 Å². The first-order chi connectivity index (χ1) is 12.1. The summed E-state index contributed by atoms with van der Waals surface area (Å²) in [5, 5.41) is 0. The molecule has 5 aliphatic rings. The number of hydrogen-bond donors (Lipinski definition) is 0. The molecule has 0 aromatic heterocycles. The summed E-state index contributed by atoms with van der Waals surface area (Å²) in [4.78, 5) is 22.5. The van der Waals surface area contributed by atoms with E-state index in [0.29, 0.717) is 11.7 Å². The predicted octanol–water partition coefficient (Wildman–Crippen LogP) is 3.36. The van der Waals surface area contributed by atoms with Crippen molar-refractivity contribution >= 4 is 5.97 Å². The maximum Gasteiger partial charge on any atom is 0.308 e. The van der Waals surface area contributed by atoms with Gasteiger partial charge in [0, 0.05) is 19.4 Å². The Bertz CT molecular complexity index is 683. The van der Waals surface area contributed by atoms with Crippen molar-refractivity contribution in [1.29, 1.82) is 0 Å². The smallest absolute Gasteiger partial charge is 0.308 e. The lowest BCUT2D eigenvalue weighted by Gasteiger charge is -2.70. The number of ether oxygens (including phenoxy) is 2. The maximum absolute atomic E-state index is 11.2. The van der Waals surface area contributed by atoms with Gasteiger partial charge in [0.05, 0.1) is 0 Å². The summed E-state index contributed by atoms with van der Waals surface area (Å²) in [6.07, 6.45) is 5.72. The van der Waals surface area contributed by atoms with Gasteiger partial charge in [0.15, 0.2) is 5.60 Å². The highest BCUT2D eigenvalue weighted by Crippen LogP contribution is 2.70. The van der Waals surface area contributed by atoms with Crippen LogP contribution in [0.5, 0.6) is 5.75 Å². The minimum absolute atomic E-state index is 0.0740. The minimum atomic E-state index is -0.377. The Balaban J connectivity index is 1.58. The fourth-order valence-corrected chi connectivity index (χ4v) is 6.47. The molecule has 4 bridgehead atoms. The van der Waals surface area contributed by atoms with Crippen LogP contribution in [0.2, 0.25) is 0 Å². The van der Waals surface area contributed by atoms with Gasteiger partial charge in [-0.15, -0.1) is 0 Å². The van der Waals surface area contributed by atoms with E-state index in [4.69, 9.17) is 19.2 Å². The molecule has 1 spiro atoms. The van der Waals surface area contributed by atoms with Crippen molar-refractivity contribution in [2.45, 2.75) is 56.3 Å². The van der Waals surface area contributed by atoms with Crippen LogP contribution in [0.3, 0.4) is 0 Å². The van der Waals surface area contributed by atoms with Crippen molar-refractivity contribution in [1.82, 2.24) is 0 Å². The number of methoxy groups -OCH3 is 1. The van der Waals surface area contributed by atoms with Gasteiger partial charge in [-0.25, -0.2) is 9.78 Å². The average Bonchev–Trinajstić information content (AvgIpc) is 2.53. The molecule has 1 aromatic rings. The lowest BCUT2D eigenvalue weighted by atomic mass is 9.41. The fraction of sp³-hybridized carbons (Fsp3) is 0.650. The van der Waals surface area contributed by atoms with Crippen LogP contribution in [0.25, 0.3) is 0 Å². The second-order valence-electron chi connectivity index (χ2n) is 8.28. The summed E-state index contributed by atoms with van der Waals surface area (Å²) >= 11 is 0. The van der Waals surface area contributed by atoms with E-state index in [0.717, 1.165) is 24.7 Å². The third-order valence-electron chi connectivity index (χ3n) is 7.04. The third kappa shape index (κ3) is 1.97. The highest BCUT2D eigenvalue weighted by atomic mass is 17.3. The molecule has 5 heteroatoms. The van der Waals surface area contributed by atoms with E-state index in [-0.39, 0.29) is 23.3 Å². The van der Waals surface area contributed by atoms with E-state index in [9.17, 15) is 4.79 Å². The fourth-order valence-electron chi connectivity index (χ4n) is 6.47. The quantitative estimate of drug-likeness (QED) is 0.478. The van der Waals surface area contributed by atoms with E-state index in [1.54, 1.807) is 7.11 Å². The first kappa shape index (κ1) is 15.8. The molecule has 6 rings (SSSR count). The van der Waals surface area contributed by atoms with E-state index in [2.05, 4.69) is 12.1 Å². The first-order valence-electron chi connectivity index (χ1n) is 9.23. The molecule has 4 saturated carbocycles.